The van der Waals surface area contributed by atoms with Crippen LogP contribution in [0.25, 0.3) is 11.3 Å². The van der Waals surface area contributed by atoms with E-state index in [0.29, 0.717) is 5.56 Å². The molecular weight excluding hydrogens is 270 g/mol. The highest BCUT2D eigenvalue weighted by Gasteiger charge is 2.51. The molecule has 3 rings (SSSR count). The Bertz CT molecular complexity index is 694. The quantitative estimate of drug-likeness (QED) is 0.550. The van der Waals surface area contributed by atoms with Crippen LogP contribution in [-0.2, 0) is 25.0 Å². The second kappa shape index (κ2) is 4.03. The molecule has 20 heavy (non-hydrogen) atoms. The molecule has 0 unspecified atom stereocenters. The standard InChI is InChI=1S/C11H7N3O6/c12-8-5(2-1-3-13-8)6-4-7(14-20-6)11(17)18-9(15)10(16)19-11/h1-4,17H,(H2,12,13). The zero-order chi connectivity index (χ0) is 14.3. The molecule has 0 atom stereocenters. The third-order valence-electron chi connectivity index (χ3n) is 2.57. The van der Waals surface area contributed by atoms with Gasteiger partial charge in [-0.1, -0.05) is 5.16 Å². The van der Waals surface area contributed by atoms with Crippen LogP contribution in [0.3, 0.4) is 0 Å². The van der Waals surface area contributed by atoms with Gasteiger partial charge in [0.05, 0.1) is 5.56 Å². The second-order valence-electron chi connectivity index (χ2n) is 3.87. The lowest BCUT2D eigenvalue weighted by Gasteiger charge is -2.13. The zero-order valence-electron chi connectivity index (χ0n) is 9.77. The summed E-state index contributed by atoms with van der Waals surface area (Å²) in [6.45, 7) is 0. The molecule has 0 bridgehead atoms. The minimum absolute atomic E-state index is 0.165. The molecule has 3 N–H and O–H groups in total. The number of hydrogen-bond donors (Lipinski definition) is 2. The summed E-state index contributed by atoms with van der Waals surface area (Å²) in [4.78, 5) is 25.8. The van der Waals surface area contributed by atoms with Crippen molar-refractivity contribution in [1.82, 2.24) is 10.1 Å². The molecule has 9 heteroatoms. The molecule has 1 aliphatic rings. The van der Waals surface area contributed by atoms with Gasteiger partial charge in [0.15, 0.2) is 5.76 Å². The van der Waals surface area contributed by atoms with Crippen LogP contribution in [-0.4, -0.2) is 27.2 Å². The smallest absolute Gasteiger partial charge is 0.384 e. The number of ether oxygens (including phenoxy) is 2. The first-order valence-electron chi connectivity index (χ1n) is 5.36. The largest absolute Gasteiger partial charge is 0.425 e. The fraction of sp³-hybridized carbons (Fsp3) is 0.0909. The number of rotatable bonds is 2. The number of pyridine rings is 1. The number of carbonyl (C=O) groups is 2. The first-order chi connectivity index (χ1) is 9.49. The predicted octanol–water partition coefficient (Wildman–Crippen LogP) is -0.479. The van der Waals surface area contributed by atoms with Crippen LogP contribution < -0.4 is 5.73 Å². The van der Waals surface area contributed by atoms with Gasteiger partial charge < -0.3 is 24.8 Å². The number of carbonyl (C=O) groups excluding carboxylic acids is 2. The topological polar surface area (TPSA) is 138 Å². The van der Waals surface area contributed by atoms with E-state index in [2.05, 4.69) is 19.6 Å². The van der Waals surface area contributed by atoms with E-state index >= 15 is 0 Å². The fourth-order valence-corrected chi connectivity index (χ4v) is 1.64. The van der Waals surface area contributed by atoms with Crippen LogP contribution >= 0.6 is 0 Å². The number of nitrogens with zero attached hydrogens (tertiary/aromatic N) is 2. The van der Waals surface area contributed by atoms with E-state index in [1.54, 1.807) is 12.1 Å². The number of aromatic nitrogens is 2. The third-order valence-corrected chi connectivity index (χ3v) is 2.57. The van der Waals surface area contributed by atoms with Gasteiger partial charge in [0, 0.05) is 12.3 Å². The predicted molar refractivity (Wildman–Crippen MR) is 60.2 cm³/mol. The summed E-state index contributed by atoms with van der Waals surface area (Å²) in [5, 5.41) is 13.4. The summed E-state index contributed by atoms with van der Waals surface area (Å²) >= 11 is 0. The lowest BCUT2D eigenvalue weighted by Crippen LogP contribution is -2.27. The van der Waals surface area contributed by atoms with Crippen molar-refractivity contribution < 1.29 is 28.7 Å². The molecular formula is C11H7N3O6. The molecule has 2 aromatic rings. The maximum atomic E-state index is 10.9. The zero-order valence-corrected chi connectivity index (χ0v) is 9.77. The molecule has 0 aliphatic carbocycles. The lowest BCUT2D eigenvalue weighted by atomic mass is 10.2. The van der Waals surface area contributed by atoms with Crippen molar-refractivity contribution in [3.8, 4) is 11.3 Å². The van der Waals surface area contributed by atoms with Crippen molar-refractivity contribution in [3.05, 3.63) is 30.1 Å². The van der Waals surface area contributed by atoms with Crippen LogP contribution in [0.2, 0.25) is 0 Å². The summed E-state index contributed by atoms with van der Waals surface area (Å²) in [5.74, 6) is -4.89. The average Bonchev–Trinajstić information content (AvgIpc) is 2.97. The SMILES string of the molecule is Nc1ncccc1-c1cc(C2(O)OC(=O)C(=O)O2)no1. The number of esters is 2. The monoisotopic (exact) mass is 277 g/mol. The number of aliphatic hydroxyl groups is 1. The van der Waals surface area contributed by atoms with Gasteiger partial charge in [0.1, 0.15) is 5.82 Å². The first-order valence-corrected chi connectivity index (χ1v) is 5.36. The molecule has 3 heterocycles. The highest BCUT2D eigenvalue weighted by molar-refractivity contribution is 6.31. The van der Waals surface area contributed by atoms with E-state index in [1.165, 1.54) is 12.3 Å². The molecule has 1 aliphatic heterocycles. The summed E-state index contributed by atoms with van der Waals surface area (Å²) in [5.41, 5.74) is 5.79. The van der Waals surface area contributed by atoms with Gasteiger partial charge in [0.2, 0.25) is 5.69 Å². The van der Waals surface area contributed by atoms with E-state index in [0.717, 1.165) is 0 Å². The molecule has 0 saturated carbocycles. The van der Waals surface area contributed by atoms with Crippen LogP contribution in [0.1, 0.15) is 5.69 Å². The van der Waals surface area contributed by atoms with E-state index in [9.17, 15) is 14.7 Å². The molecule has 0 radical (unpaired) electrons. The van der Waals surface area contributed by atoms with Crippen molar-refractivity contribution >= 4 is 17.8 Å². The third kappa shape index (κ3) is 1.77. The normalized spacial score (nSPS) is 16.9. The Morgan fingerprint density at radius 1 is 1.25 bits per heavy atom. The van der Waals surface area contributed by atoms with E-state index in [-0.39, 0.29) is 17.3 Å². The van der Waals surface area contributed by atoms with E-state index < -0.39 is 17.9 Å². The van der Waals surface area contributed by atoms with Crippen molar-refractivity contribution in [3.63, 3.8) is 0 Å². The highest BCUT2D eigenvalue weighted by atomic mass is 16.9. The van der Waals surface area contributed by atoms with Crippen LogP contribution in [0.4, 0.5) is 5.82 Å². The molecule has 0 aromatic carbocycles. The van der Waals surface area contributed by atoms with Gasteiger partial charge in [0.25, 0.3) is 0 Å². The highest BCUT2D eigenvalue weighted by Crippen LogP contribution is 2.32. The Morgan fingerprint density at radius 2 is 1.95 bits per heavy atom. The van der Waals surface area contributed by atoms with Gasteiger partial charge >= 0.3 is 17.9 Å². The molecule has 0 amide bonds. The number of cyclic esters (lactones) is 2. The van der Waals surface area contributed by atoms with Crippen molar-refractivity contribution in [2.24, 2.45) is 0 Å². The first kappa shape index (κ1) is 12.1. The summed E-state index contributed by atoms with van der Waals surface area (Å²) < 4.78 is 13.8. The molecule has 9 nitrogen and oxygen atoms in total. The molecule has 102 valence electrons. The van der Waals surface area contributed by atoms with Gasteiger partial charge in [-0.15, -0.1) is 0 Å². The number of anilines is 1. The van der Waals surface area contributed by atoms with Crippen LogP contribution in [0, 0.1) is 0 Å². The molecule has 1 fully saturated rings. The van der Waals surface area contributed by atoms with Gasteiger partial charge in [-0.05, 0) is 12.1 Å². The molecule has 0 spiro atoms. The Hall–Kier alpha value is -2.94. The minimum Gasteiger partial charge on any atom is -0.384 e. The molecule has 2 aromatic heterocycles. The summed E-state index contributed by atoms with van der Waals surface area (Å²) in [6.07, 6.45) is 1.49. The maximum absolute atomic E-state index is 10.9. The van der Waals surface area contributed by atoms with Crippen LogP contribution in [0.5, 0.6) is 0 Å². The Balaban J connectivity index is 1.98. The maximum Gasteiger partial charge on any atom is 0.425 e. The molecule has 1 saturated heterocycles. The number of hydrogen-bond acceptors (Lipinski definition) is 9. The Labute approximate surface area is 110 Å². The van der Waals surface area contributed by atoms with E-state index in [4.69, 9.17) is 10.3 Å². The number of nitrogen functional groups attached to an aromatic ring is 1. The fourth-order valence-electron chi connectivity index (χ4n) is 1.64. The van der Waals surface area contributed by atoms with E-state index in [1.807, 2.05) is 0 Å². The van der Waals surface area contributed by atoms with Crippen molar-refractivity contribution in [2.45, 2.75) is 5.97 Å². The van der Waals surface area contributed by atoms with Crippen molar-refractivity contribution in [2.75, 3.05) is 5.73 Å². The van der Waals surface area contributed by atoms with Crippen LogP contribution in [0.15, 0.2) is 28.9 Å². The lowest BCUT2D eigenvalue weighted by molar-refractivity contribution is -0.305. The van der Waals surface area contributed by atoms with Gasteiger partial charge in [-0.3, -0.25) is 0 Å². The van der Waals surface area contributed by atoms with Gasteiger partial charge in [-0.25, -0.2) is 14.6 Å². The summed E-state index contributed by atoms with van der Waals surface area (Å²) in [6, 6.07) is 4.46. The number of nitrogens with two attached hydrogens (primary N) is 1. The minimum atomic E-state index is -2.59. The average molecular weight is 277 g/mol. The van der Waals surface area contributed by atoms with Crippen molar-refractivity contribution in [1.29, 1.82) is 0 Å². The van der Waals surface area contributed by atoms with Gasteiger partial charge in [-0.2, -0.15) is 0 Å². The second-order valence-corrected chi connectivity index (χ2v) is 3.87. The summed E-state index contributed by atoms with van der Waals surface area (Å²) in [7, 11) is 0. The Morgan fingerprint density at radius 3 is 2.60 bits per heavy atom. The Kier molecular flexibility index (Phi) is 2.44.